The predicted octanol–water partition coefficient (Wildman–Crippen LogP) is 2.37. The average Bonchev–Trinajstić information content (AvgIpc) is 2.51. The van der Waals surface area contributed by atoms with Crippen molar-refractivity contribution < 1.29 is 4.74 Å². The van der Waals surface area contributed by atoms with Crippen molar-refractivity contribution in [2.75, 3.05) is 26.7 Å². The van der Waals surface area contributed by atoms with Gasteiger partial charge in [-0.1, -0.05) is 6.42 Å². The summed E-state index contributed by atoms with van der Waals surface area (Å²) in [5.74, 6) is 0.990. The van der Waals surface area contributed by atoms with Crippen LogP contribution in [0.1, 0.15) is 59.3 Å². The van der Waals surface area contributed by atoms with Crippen LogP contribution in [0, 0.1) is 5.41 Å². The van der Waals surface area contributed by atoms with Crippen molar-refractivity contribution >= 4 is 5.96 Å². The van der Waals surface area contributed by atoms with Gasteiger partial charge >= 0.3 is 0 Å². The van der Waals surface area contributed by atoms with Gasteiger partial charge in [0.05, 0.1) is 6.10 Å². The molecule has 5 heteroatoms. The summed E-state index contributed by atoms with van der Waals surface area (Å²) in [7, 11) is 1.89. The average molecular weight is 337 g/mol. The molecule has 3 aliphatic rings. The van der Waals surface area contributed by atoms with Gasteiger partial charge in [-0.2, -0.15) is 0 Å². The number of likely N-dealkylation sites (tertiary alicyclic amines) is 1. The number of rotatable bonds is 5. The van der Waals surface area contributed by atoms with E-state index in [1.54, 1.807) is 0 Å². The SMILES string of the molecule is CCOC1CC(NC(=NC)NC2CCN(C(C)C)CC2)C12CCC2. The second-order valence-corrected chi connectivity index (χ2v) is 8.08. The molecule has 2 saturated carbocycles. The first-order valence-corrected chi connectivity index (χ1v) is 9.94. The molecular weight excluding hydrogens is 300 g/mol. The zero-order valence-corrected chi connectivity index (χ0v) is 16.0. The summed E-state index contributed by atoms with van der Waals surface area (Å²) in [5, 5.41) is 7.38. The number of aliphatic imine (C=N–C) groups is 1. The van der Waals surface area contributed by atoms with Crippen LogP contribution in [-0.2, 0) is 4.74 Å². The van der Waals surface area contributed by atoms with E-state index in [0.29, 0.717) is 29.6 Å². The Hall–Kier alpha value is -0.810. The molecular formula is C19H36N4O. The summed E-state index contributed by atoms with van der Waals surface area (Å²) in [6.45, 7) is 9.89. The molecule has 5 nitrogen and oxygen atoms in total. The zero-order valence-electron chi connectivity index (χ0n) is 16.0. The number of nitrogens with zero attached hydrogens (tertiary/aromatic N) is 2. The van der Waals surface area contributed by atoms with Crippen LogP contribution in [-0.4, -0.2) is 61.8 Å². The predicted molar refractivity (Wildman–Crippen MR) is 99.5 cm³/mol. The monoisotopic (exact) mass is 336 g/mol. The Kier molecular flexibility index (Phi) is 5.70. The Balaban J connectivity index is 1.48. The largest absolute Gasteiger partial charge is 0.378 e. The van der Waals surface area contributed by atoms with E-state index in [9.17, 15) is 0 Å². The molecule has 138 valence electrons. The molecule has 1 heterocycles. The zero-order chi connectivity index (χ0) is 17.2. The van der Waals surface area contributed by atoms with Crippen molar-refractivity contribution in [3.05, 3.63) is 0 Å². The fraction of sp³-hybridized carbons (Fsp3) is 0.947. The van der Waals surface area contributed by atoms with Crippen molar-refractivity contribution in [3.8, 4) is 0 Å². The number of piperidine rings is 1. The number of ether oxygens (including phenoxy) is 1. The Morgan fingerprint density at radius 1 is 1.25 bits per heavy atom. The van der Waals surface area contributed by atoms with Gasteiger partial charge in [-0.05, 0) is 52.9 Å². The van der Waals surface area contributed by atoms with Crippen molar-refractivity contribution in [2.24, 2.45) is 10.4 Å². The van der Waals surface area contributed by atoms with Crippen LogP contribution in [0.2, 0.25) is 0 Å². The summed E-state index contributed by atoms with van der Waals surface area (Å²) in [5.41, 5.74) is 0.384. The molecule has 2 unspecified atom stereocenters. The van der Waals surface area contributed by atoms with E-state index >= 15 is 0 Å². The highest BCUT2D eigenvalue weighted by atomic mass is 16.5. The van der Waals surface area contributed by atoms with Crippen LogP contribution in [0.25, 0.3) is 0 Å². The lowest BCUT2D eigenvalue weighted by atomic mass is 9.51. The molecule has 1 aliphatic heterocycles. The van der Waals surface area contributed by atoms with Gasteiger partial charge in [-0.25, -0.2) is 0 Å². The number of guanidine groups is 1. The quantitative estimate of drug-likeness (QED) is 0.598. The van der Waals surface area contributed by atoms with E-state index in [0.717, 1.165) is 19.0 Å². The van der Waals surface area contributed by atoms with Gasteiger partial charge in [0.25, 0.3) is 0 Å². The highest BCUT2D eigenvalue weighted by Crippen LogP contribution is 2.57. The van der Waals surface area contributed by atoms with Crippen molar-refractivity contribution in [1.82, 2.24) is 15.5 Å². The Morgan fingerprint density at radius 3 is 2.46 bits per heavy atom. The van der Waals surface area contributed by atoms with Gasteiger partial charge in [0, 0.05) is 50.3 Å². The Labute approximate surface area is 147 Å². The van der Waals surface area contributed by atoms with Crippen LogP contribution in [0.5, 0.6) is 0 Å². The Bertz CT molecular complexity index is 439. The molecule has 0 radical (unpaired) electrons. The first kappa shape index (κ1) is 18.0. The van der Waals surface area contributed by atoms with Gasteiger partial charge in [0.2, 0.25) is 0 Å². The van der Waals surface area contributed by atoms with Crippen LogP contribution in [0.3, 0.4) is 0 Å². The van der Waals surface area contributed by atoms with E-state index in [1.165, 1.54) is 45.2 Å². The third-order valence-corrected chi connectivity index (χ3v) is 6.57. The molecule has 2 aliphatic carbocycles. The van der Waals surface area contributed by atoms with Gasteiger partial charge < -0.3 is 20.3 Å². The summed E-state index contributed by atoms with van der Waals surface area (Å²) >= 11 is 0. The van der Waals surface area contributed by atoms with E-state index in [1.807, 2.05) is 7.05 Å². The lowest BCUT2D eigenvalue weighted by Gasteiger charge is -2.61. The molecule has 0 aromatic heterocycles. The second-order valence-electron chi connectivity index (χ2n) is 8.08. The standard InChI is InChI=1S/C19H36N4O/c1-5-24-17-13-16(19(17)9-6-10-19)22-18(20-4)21-15-7-11-23(12-8-15)14(2)3/h14-17H,5-13H2,1-4H3,(H2,20,21,22). The second kappa shape index (κ2) is 7.61. The molecule has 1 saturated heterocycles. The molecule has 0 aromatic rings. The maximum absolute atomic E-state index is 5.96. The minimum atomic E-state index is 0.384. The number of hydrogen-bond donors (Lipinski definition) is 2. The molecule has 3 rings (SSSR count). The first-order valence-electron chi connectivity index (χ1n) is 9.94. The van der Waals surface area contributed by atoms with Gasteiger partial charge in [-0.3, -0.25) is 4.99 Å². The minimum Gasteiger partial charge on any atom is -0.378 e. The van der Waals surface area contributed by atoms with Gasteiger partial charge in [-0.15, -0.1) is 0 Å². The molecule has 2 N–H and O–H groups in total. The third kappa shape index (κ3) is 3.43. The topological polar surface area (TPSA) is 48.9 Å². The number of nitrogens with one attached hydrogen (secondary N) is 2. The summed E-state index contributed by atoms with van der Waals surface area (Å²) in [6.07, 6.45) is 7.95. The summed E-state index contributed by atoms with van der Waals surface area (Å²) in [6, 6.07) is 1.74. The highest BCUT2D eigenvalue weighted by Gasteiger charge is 2.59. The highest BCUT2D eigenvalue weighted by molar-refractivity contribution is 5.80. The summed E-state index contributed by atoms with van der Waals surface area (Å²) < 4.78 is 5.96. The molecule has 0 aromatic carbocycles. The van der Waals surface area contributed by atoms with Crippen molar-refractivity contribution in [2.45, 2.75) is 83.5 Å². The van der Waals surface area contributed by atoms with E-state index in [4.69, 9.17) is 4.74 Å². The van der Waals surface area contributed by atoms with Crippen LogP contribution in [0.15, 0.2) is 4.99 Å². The van der Waals surface area contributed by atoms with Crippen molar-refractivity contribution in [3.63, 3.8) is 0 Å². The molecule has 2 atom stereocenters. The van der Waals surface area contributed by atoms with Gasteiger partial charge in [0.1, 0.15) is 0 Å². The molecule has 3 fully saturated rings. The molecule has 0 bridgehead atoms. The van der Waals surface area contributed by atoms with Crippen LogP contribution < -0.4 is 10.6 Å². The van der Waals surface area contributed by atoms with E-state index in [-0.39, 0.29) is 0 Å². The fourth-order valence-corrected chi connectivity index (χ4v) is 4.73. The van der Waals surface area contributed by atoms with Crippen LogP contribution >= 0.6 is 0 Å². The van der Waals surface area contributed by atoms with Gasteiger partial charge in [0.15, 0.2) is 5.96 Å². The molecule has 24 heavy (non-hydrogen) atoms. The molecule has 1 spiro atoms. The lowest BCUT2D eigenvalue weighted by Crippen LogP contribution is -2.69. The maximum Gasteiger partial charge on any atom is 0.191 e. The van der Waals surface area contributed by atoms with Crippen molar-refractivity contribution in [1.29, 1.82) is 0 Å². The first-order chi connectivity index (χ1) is 11.6. The van der Waals surface area contributed by atoms with E-state index < -0.39 is 0 Å². The lowest BCUT2D eigenvalue weighted by molar-refractivity contribution is -0.168. The summed E-state index contributed by atoms with van der Waals surface area (Å²) in [4.78, 5) is 7.06. The normalized spacial score (nSPS) is 31.0. The number of hydrogen-bond acceptors (Lipinski definition) is 3. The molecule has 0 amide bonds. The minimum absolute atomic E-state index is 0.384. The Morgan fingerprint density at radius 2 is 1.96 bits per heavy atom. The van der Waals surface area contributed by atoms with E-state index in [2.05, 4.69) is 41.3 Å². The third-order valence-electron chi connectivity index (χ3n) is 6.57. The smallest absolute Gasteiger partial charge is 0.191 e. The van der Waals surface area contributed by atoms with Crippen LogP contribution in [0.4, 0.5) is 0 Å². The maximum atomic E-state index is 5.96. The fourth-order valence-electron chi connectivity index (χ4n) is 4.73.